The normalized spacial score (nSPS) is 14.7. The van der Waals surface area contributed by atoms with E-state index in [9.17, 15) is 0 Å². The molecule has 4 N–H and O–H groups in total. The van der Waals surface area contributed by atoms with E-state index in [4.69, 9.17) is 31.1 Å². The second-order valence-electron chi connectivity index (χ2n) is 10.2. The van der Waals surface area contributed by atoms with Gasteiger partial charge in [0.1, 0.15) is 17.1 Å². The molecule has 1 atom stereocenters. The lowest BCUT2D eigenvalue weighted by Gasteiger charge is -2.01. The maximum atomic E-state index is 8.87. The number of nitrogen functional groups attached to an aromatic ring is 1. The molecule has 222 valence electrons. The Morgan fingerprint density at radius 1 is 0.864 bits per heavy atom. The third-order valence-corrected chi connectivity index (χ3v) is 7.23. The molecule has 8 nitrogen and oxygen atoms in total. The zero-order valence-corrected chi connectivity index (χ0v) is 25.7. The zero-order valence-electron chi connectivity index (χ0n) is 25.7. The van der Waals surface area contributed by atoms with Crippen molar-refractivity contribution in [1.82, 2.24) is 29.9 Å². The Balaban J connectivity index is 2.27. The van der Waals surface area contributed by atoms with E-state index in [1.807, 2.05) is 57.2 Å². The minimum absolute atomic E-state index is 0.0142. The van der Waals surface area contributed by atoms with Gasteiger partial charge in [-0.1, -0.05) is 93.5 Å². The fourth-order valence-electron chi connectivity index (χ4n) is 4.79. The zero-order chi connectivity index (χ0) is 31.8. The van der Waals surface area contributed by atoms with Crippen LogP contribution in [0.3, 0.4) is 0 Å². The van der Waals surface area contributed by atoms with Crippen molar-refractivity contribution in [2.24, 2.45) is 5.92 Å². The first kappa shape index (κ1) is 31.4. The van der Waals surface area contributed by atoms with Crippen LogP contribution in [0.15, 0.2) is 62.5 Å². The van der Waals surface area contributed by atoms with Crippen LogP contribution in [0.1, 0.15) is 79.1 Å². The van der Waals surface area contributed by atoms with Gasteiger partial charge in [-0.25, -0.2) is 24.9 Å². The largest absolute Gasteiger partial charge is 0.383 e. The second kappa shape index (κ2) is 14.1. The number of rotatable bonds is 6. The summed E-state index contributed by atoms with van der Waals surface area (Å²) in [7, 11) is 0. The van der Waals surface area contributed by atoms with Gasteiger partial charge in [0.05, 0.1) is 0 Å². The molecule has 2 aromatic heterocycles. The van der Waals surface area contributed by atoms with Gasteiger partial charge in [-0.3, -0.25) is 5.41 Å². The van der Waals surface area contributed by atoms with Gasteiger partial charge in [0.25, 0.3) is 0 Å². The van der Waals surface area contributed by atoms with E-state index in [0.717, 1.165) is 22.3 Å². The topological polar surface area (TPSA) is 130 Å². The number of H-pyrrole nitrogens is 1. The molecule has 3 heterocycles. The lowest BCUT2D eigenvalue weighted by molar-refractivity contribution is 0.954. The molecular weight excluding hydrogens is 544 g/mol. The van der Waals surface area contributed by atoms with E-state index >= 15 is 0 Å². The van der Waals surface area contributed by atoms with Crippen LogP contribution < -0.4 is 11.2 Å². The fourth-order valence-corrected chi connectivity index (χ4v) is 4.79. The Hall–Kier alpha value is -5.50. The number of fused-ring (bicyclic) bond motifs is 7. The number of allylic oxidation sites excluding steroid dienone is 7. The highest BCUT2D eigenvalue weighted by Crippen LogP contribution is 2.30. The van der Waals surface area contributed by atoms with Crippen molar-refractivity contribution in [2.45, 2.75) is 34.1 Å². The van der Waals surface area contributed by atoms with Crippen LogP contribution in [0.4, 0.5) is 5.82 Å². The molecule has 2 aliphatic rings. The maximum Gasteiger partial charge on any atom is 0.160 e. The number of anilines is 1. The number of nitrogens with two attached hydrogens (primary N) is 1. The van der Waals surface area contributed by atoms with Crippen molar-refractivity contribution in [3.8, 4) is 0 Å². The molecular formula is C36H38N8. The molecule has 0 radical (unpaired) electrons. The molecule has 0 spiro atoms. The summed E-state index contributed by atoms with van der Waals surface area (Å²) in [5.41, 5.74) is 13.6. The first-order valence-electron chi connectivity index (χ1n) is 14.4. The Morgan fingerprint density at radius 3 is 2.18 bits per heavy atom. The highest BCUT2D eigenvalue weighted by Gasteiger charge is 2.18. The van der Waals surface area contributed by atoms with Crippen LogP contribution >= 0.6 is 0 Å². The lowest BCUT2D eigenvalue weighted by atomic mass is 10.1. The summed E-state index contributed by atoms with van der Waals surface area (Å²) in [6, 6.07) is 0. The van der Waals surface area contributed by atoms with Gasteiger partial charge in [-0.2, -0.15) is 0 Å². The van der Waals surface area contributed by atoms with Gasteiger partial charge in [-0.15, -0.1) is 0 Å². The number of aromatic nitrogens is 6. The van der Waals surface area contributed by atoms with E-state index in [1.54, 1.807) is 30.6 Å². The molecule has 4 bridgehead atoms. The lowest BCUT2D eigenvalue weighted by Crippen LogP contribution is -2.10. The van der Waals surface area contributed by atoms with Crippen LogP contribution in [0, 0.1) is 11.3 Å². The fraction of sp³-hybridized carbons (Fsp3) is 0.167. The van der Waals surface area contributed by atoms with E-state index in [-0.39, 0.29) is 17.2 Å². The molecule has 4 rings (SSSR count). The molecule has 8 heteroatoms. The second-order valence-corrected chi connectivity index (χ2v) is 10.2. The van der Waals surface area contributed by atoms with Crippen molar-refractivity contribution < 1.29 is 0 Å². The van der Waals surface area contributed by atoms with Crippen molar-refractivity contribution >= 4 is 64.7 Å². The highest BCUT2D eigenvalue weighted by molar-refractivity contribution is 5.89. The standard InChI is InChI=1S/C36H38N8/c1-8-13-15-28-23(7)33-41-31(37)26(11-4)24(10-3)20-39-35-29-18-16-22(6)17-19-30(29)36(44-35)42-32(38)27(12-5)25(14-9-2)21-40-34(28)43-33/h8-14,16-22,37,44H,3-5,15H2,1-2,6-7H3,(H2,38,42)/b13-8-,14-9-,26-24?,27-25?,37-31?,39-20?,40-21?,41-33?. The third kappa shape index (κ3) is 6.60. The summed E-state index contributed by atoms with van der Waals surface area (Å²) >= 11 is 0. The first-order valence-corrected chi connectivity index (χ1v) is 14.4. The Bertz CT molecular complexity index is 1920. The van der Waals surface area contributed by atoms with Crippen LogP contribution in [0.25, 0.3) is 58.9 Å². The van der Waals surface area contributed by atoms with E-state index in [1.165, 1.54) is 0 Å². The first-order chi connectivity index (χ1) is 21.3. The molecule has 1 unspecified atom stereocenters. The Morgan fingerprint density at radius 2 is 1.55 bits per heavy atom. The molecule has 44 heavy (non-hydrogen) atoms. The van der Waals surface area contributed by atoms with Gasteiger partial charge in [0.2, 0.25) is 0 Å². The van der Waals surface area contributed by atoms with Gasteiger partial charge in [0, 0.05) is 56.9 Å². The molecule has 0 fully saturated rings. The average molecular weight is 583 g/mol. The smallest absolute Gasteiger partial charge is 0.160 e. The minimum atomic E-state index is -0.0142. The molecule has 0 saturated heterocycles. The predicted molar refractivity (Wildman–Crippen MR) is 186 cm³/mol. The molecule has 2 aromatic rings. The quantitative estimate of drug-likeness (QED) is 0.297. The SMILES string of the molecule is C=Cc1cnc2[nH]c(nc(N)c(C=C)c(/C=C\C)cnc3nc(nc(=N)c1C=C)C(C)=C3C/C=C\C)c1c2C=CC(C)C=C1. The minimum Gasteiger partial charge on any atom is -0.383 e. The summed E-state index contributed by atoms with van der Waals surface area (Å²) < 4.78 is 0. The predicted octanol–water partition coefficient (Wildman–Crippen LogP) is 7.86. The van der Waals surface area contributed by atoms with Crippen molar-refractivity contribution in [2.75, 3.05) is 5.73 Å². The number of nitrogens with zero attached hydrogens (tertiary/aromatic N) is 5. The Kier molecular flexibility index (Phi) is 10.1. The van der Waals surface area contributed by atoms with Crippen LogP contribution in [0.5, 0.6) is 0 Å². The highest BCUT2D eigenvalue weighted by atomic mass is 15.0. The molecule has 1 aliphatic heterocycles. The van der Waals surface area contributed by atoms with Crippen LogP contribution in [-0.4, -0.2) is 29.9 Å². The van der Waals surface area contributed by atoms with Crippen molar-refractivity contribution in [3.05, 3.63) is 113 Å². The van der Waals surface area contributed by atoms with Gasteiger partial charge >= 0.3 is 0 Å². The summed E-state index contributed by atoms with van der Waals surface area (Å²) in [6.45, 7) is 19.8. The van der Waals surface area contributed by atoms with Crippen LogP contribution in [-0.2, 0) is 0 Å². The van der Waals surface area contributed by atoms with Gasteiger partial charge in [-0.05, 0) is 33.1 Å². The summed E-state index contributed by atoms with van der Waals surface area (Å²) in [6.07, 6.45) is 24.9. The monoisotopic (exact) mass is 582 g/mol. The maximum absolute atomic E-state index is 8.87. The van der Waals surface area contributed by atoms with Crippen molar-refractivity contribution in [3.63, 3.8) is 0 Å². The summed E-state index contributed by atoms with van der Waals surface area (Å²) in [5.74, 6) is 1.41. The van der Waals surface area contributed by atoms with Gasteiger partial charge < -0.3 is 10.7 Å². The molecule has 0 aromatic carbocycles. The molecule has 0 amide bonds. The average Bonchev–Trinajstić information content (AvgIpc) is 3.40. The van der Waals surface area contributed by atoms with Crippen LogP contribution in [0.2, 0.25) is 0 Å². The van der Waals surface area contributed by atoms with E-state index in [2.05, 4.69) is 48.8 Å². The van der Waals surface area contributed by atoms with Gasteiger partial charge in [0.15, 0.2) is 17.1 Å². The number of aromatic amines is 1. The number of hydrogen-bond donors (Lipinski definition) is 3. The van der Waals surface area contributed by atoms with E-state index in [0.29, 0.717) is 51.6 Å². The number of nitrogens with one attached hydrogen (secondary N) is 2. The summed E-state index contributed by atoms with van der Waals surface area (Å²) in [5, 5.41) is 8.87. The summed E-state index contributed by atoms with van der Waals surface area (Å²) in [4.78, 5) is 27.0. The Labute approximate surface area is 258 Å². The van der Waals surface area contributed by atoms with E-state index < -0.39 is 0 Å². The van der Waals surface area contributed by atoms with Crippen molar-refractivity contribution in [1.29, 1.82) is 5.41 Å². The number of hydrogen-bond acceptors (Lipinski definition) is 7. The third-order valence-electron chi connectivity index (χ3n) is 7.23. The molecule has 0 saturated carbocycles. The molecule has 1 aliphatic carbocycles.